The fourth-order valence-corrected chi connectivity index (χ4v) is 4.51. The van der Waals surface area contributed by atoms with Gasteiger partial charge in [0.1, 0.15) is 5.69 Å². The minimum atomic E-state index is -0.446. The topological polar surface area (TPSA) is 48.4 Å². The normalized spacial score (nSPS) is 13.7. The maximum Gasteiger partial charge on any atom is 0.356 e. The van der Waals surface area contributed by atoms with E-state index in [0.717, 1.165) is 71.6 Å². The Bertz CT molecular complexity index is 1390. The van der Waals surface area contributed by atoms with Gasteiger partial charge in [0.25, 0.3) is 0 Å². The number of hydrogen-bond acceptors (Lipinski definition) is 4. The average molecular weight is 462 g/mol. The van der Waals surface area contributed by atoms with E-state index in [1.165, 1.54) is 12.7 Å². The minimum Gasteiger partial charge on any atom is -0.464 e. The van der Waals surface area contributed by atoms with Gasteiger partial charge in [-0.1, -0.05) is 54.3 Å². The maximum atomic E-state index is 12.1. The summed E-state index contributed by atoms with van der Waals surface area (Å²) in [7, 11) is 1.37. The van der Waals surface area contributed by atoms with Crippen molar-refractivity contribution in [2.45, 2.75) is 19.3 Å². The molecule has 0 spiro atoms. The Morgan fingerprint density at radius 3 is 2.29 bits per heavy atom. The smallest absolute Gasteiger partial charge is 0.356 e. The Balaban J connectivity index is 1.34. The number of para-hydroxylation sites is 1. The Kier molecular flexibility index (Phi) is 6.88. The van der Waals surface area contributed by atoms with Crippen LogP contribution in [-0.4, -0.2) is 31.3 Å². The van der Waals surface area contributed by atoms with Gasteiger partial charge in [-0.3, -0.25) is 0 Å². The number of benzene rings is 3. The van der Waals surface area contributed by atoms with Crippen molar-refractivity contribution in [3.05, 3.63) is 101 Å². The molecule has 0 bridgehead atoms. The van der Waals surface area contributed by atoms with Crippen LogP contribution in [0.5, 0.6) is 0 Å². The van der Waals surface area contributed by atoms with Gasteiger partial charge < -0.3 is 9.47 Å². The molecular weight excluding hydrogens is 434 g/mol. The van der Waals surface area contributed by atoms with Gasteiger partial charge in [-0.05, 0) is 78.3 Å². The predicted molar refractivity (Wildman–Crippen MR) is 138 cm³/mol. The lowest BCUT2D eigenvalue weighted by atomic mass is 9.92. The van der Waals surface area contributed by atoms with Crippen molar-refractivity contribution in [1.82, 2.24) is 4.98 Å². The summed E-state index contributed by atoms with van der Waals surface area (Å²) in [6, 6.07) is 26.3. The zero-order valence-corrected chi connectivity index (χ0v) is 19.8. The van der Waals surface area contributed by atoms with E-state index in [0.29, 0.717) is 5.69 Å². The van der Waals surface area contributed by atoms with E-state index in [2.05, 4.69) is 41.1 Å². The number of carbonyl (C=O) groups is 1. The molecule has 0 unspecified atom stereocenters. The van der Waals surface area contributed by atoms with Crippen LogP contribution in [0.25, 0.3) is 22.0 Å². The van der Waals surface area contributed by atoms with E-state index < -0.39 is 5.97 Å². The van der Waals surface area contributed by atoms with Gasteiger partial charge in [-0.15, -0.1) is 0 Å². The largest absolute Gasteiger partial charge is 0.464 e. The summed E-state index contributed by atoms with van der Waals surface area (Å²) in [5.41, 5.74) is 6.30. The highest BCUT2D eigenvalue weighted by Gasteiger charge is 2.14. The SMILES string of the molecule is COC(=O)c1cc(-c2ccc(C#Cc3ccc(CC4CCOCC4)cc3)cc2)c2ccccc2n1. The highest BCUT2D eigenvalue weighted by atomic mass is 16.5. The van der Waals surface area contributed by atoms with Crippen LogP contribution in [0.1, 0.15) is 40.0 Å². The van der Waals surface area contributed by atoms with E-state index in [4.69, 9.17) is 9.47 Å². The first-order chi connectivity index (χ1) is 17.2. The molecule has 1 saturated heterocycles. The Hall–Kier alpha value is -3.94. The molecule has 0 saturated carbocycles. The Morgan fingerprint density at radius 2 is 1.60 bits per heavy atom. The second kappa shape index (κ2) is 10.5. The summed E-state index contributed by atoms with van der Waals surface area (Å²) in [6.07, 6.45) is 3.41. The van der Waals surface area contributed by atoms with Crippen molar-refractivity contribution in [3.63, 3.8) is 0 Å². The second-order valence-corrected chi connectivity index (χ2v) is 8.85. The number of aromatic nitrogens is 1. The third-order valence-electron chi connectivity index (χ3n) is 6.48. The van der Waals surface area contributed by atoms with Gasteiger partial charge in [0.05, 0.1) is 12.6 Å². The molecule has 1 aliphatic rings. The minimum absolute atomic E-state index is 0.297. The third-order valence-corrected chi connectivity index (χ3v) is 6.48. The summed E-state index contributed by atoms with van der Waals surface area (Å²) in [5, 5.41) is 0.986. The molecule has 0 N–H and O–H groups in total. The zero-order chi connectivity index (χ0) is 24.0. The van der Waals surface area contributed by atoms with Crippen LogP contribution in [-0.2, 0) is 15.9 Å². The van der Waals surface area contributed by atoms with Crippen molar-refractivity contribution in [3.8, 4) is 23.0 Å². The maximum absolute atomic E-state index is 12.1. The van der Waals surface area contributed by atoms with Gasteiger partial charge >= 0.3 is 5.97 Å². The molecule has 174 valence electrons. The van der Waals surface area contributed by atoms with Gasteiger partial charge in [0.2, 0.25) is 0 Å². The number of esters is 1. The highest BCUT2D eigenvalue weighted by molar-refractivity contribution is 5.99. The lowest BCUT2D eigenvalue weighted by Gasteiger charge is -2.21. The highest BCUT2D eigenvalue weighted by Crippen LogP contribution is 2.29. The van der Waals surface area contributed by atoms with Crippen LogP contribution in [0, 0.1) is 17.8 Å². The molecule has 35 heavy (non-hydrogen) atoms. The van der Waals surface area contributed by atoms with Crippen molar-refractivity contribution in [1.29, 1.82) is 0 Å². The number of fused-ring (bicyclic) bond motifs is 1. The Morgan fingerprint density at radius 1 is 0.943 bits per heavy atom. The van der Waals surface area contributed by atoms with Crippen LogP contribution in [0.2, 0.25) is 0 Å². The van der Waals surface area contributed by atoms with Crippen LogP contribution in [0.4, 0.5) is 0 Å². The standard InChI is InChI=1S/C31H27NO3/c1-34-31(33)30-21-28(27-4-2-3-5-29(27)32-30)26-14-12-23(13-15-26)7-6-22-8-10-24(11-9-22)20-25-16-18-35-19-17-25/h2-5,8-15,21,25H,16-20H2,1H3. The van der Waals surface area contributed by atoms with Gasteiger partial charge in [-0.25, -0.2) is 9.78 Å². The van der Waals surface area contributed by atoms with Crippen LogP contribution >= 0.6 is 0 Å². The summed E-state index contributed by atoms with van der Waals surface area (Å²) in [5.74, 6) is 6.81. The lowest BCUT2D eigenvalue weighted by molar-refractivity contribution is 0.0594. The number of hydrogen-bond donors (Lipinski definition) is 0. The number of methoxy groups -OCH3 is 1. The zero-order valence-electron chi connectivity index (χ0n) is 19.8. The fraction of sp³-hybridized carbons (Fsp3) is 0.226. The van der Waals surface area contributed by atoms with Gasteiger partial charge in [-0.2, -0.15) is 0 Å². The molecule has 2 heterocycles. The van der Waals surface area contributed by atoms with Crippen molar-refractivity contribution in [2.75, 3.05) is 20.3 Å². The molecule has 0 amide bonds. The molecule has 0 atom stereocenters. The molecule has 1 aromatic heterocycles. The van der Waals surface area contributed by atoms with Crippen molar-refractivity contribution in [2.24, 2.45) is 5.92 Å². The number of nitrogens with zero attached hydrogens (tertiary/aromatic N) is 1. The summed E-state index contributed by atoms with van der Waals surface area (Å²) >= 11 is 0. The molecule has 4 aromatic rings. The van der Waals surface area contributed by atoms with Crippen molar-refractivity contribution >= 4 is 16.9 Å². The number of rotatable bonds is 4. The van der Waals surface area contributed by atoms with Crippen LogP contribution in [0.15, 0.2) is 78.9 Å². The van der Waals surface area contributed by atoms with Gasteiger partial charge in [0.15, 0.2) is 0 Å². The number of ether oxygens (including phenoxy) is 2. The van der Waals surface area contributed by atoms with E-state index in [9.17, 15) is 4.79 Å². The first-order valence-electron chi connectivity index (χ1n) is 12.0. The lowest BCUT2D eigenvalue weighted by Crippen LogP contribution is -2.17. The van der Waals surface area contributed by atoms with E-state index in [1.807, 2.05) is 48.5 Å². The molecule has 1 fully saturated rings. The summed E-state index contributed by atoms with van der Waals surface area (Å²) < 4.78 is 10.4. The molecule has 4 heteroatoms. The second-order valence-electron chi connectivity index (χ2n) is 8.85. The first-order valence-corrected chi connectivity index (χ1v) is 12.0. The Labute approximate surface area is 205 Å². The summed E-state index contributed by atoms with van der Waals surface area (Å²) in [6.45, 7) is 1.77. The molecule has 0 radical (unpaired) electrons. The van der Waals surface area contributed by atoms with E-state index in [1.54, 1.807) is 6.07 Å². The molecule has 0 aliphatic carbocycles. The first kappa shape index (κ1) is 22.8. The quantitative estimate of drug-likeness (QED) is 0.274. The van der Waals surface area contributed by atoms with Crippen LogP contribution < -0.4 is 0 Å². The molecule has 5 rings (SSSR count). The third kappa shape index (κ3) is 5.42. The average Bonchev–Trinajstić information content (AvgIpc) is 2.92. The number of carbonyl (C=O) groups excluding carboxylic acids is 1. The van der Waals surface area contributed by atoms with Gasteiger partial charge in [0, 0.05) is 29.7 Å². The van der Waals surface area contributed by atoms with E-state index in [-0.39, 0.29) is 0 Å². The molecule has 3 aromatic carbocycles. The number of pyridine rings is 1. The molecule has 4 nitrogen and oxygen atoms in total. The molecular formula is C31H27NO3. The fourth-order valence-electron chi connectivity index (χ4n) is 4.51. The molecule has 1 aliphatic heterocycles. The summed E-state index contributed by atoms with van der Waals surface area (Å²) in [4.78, 5) is 16.6. The van der Waals surface area contributed by atoms with Crippen LogP contribution in [0.3, 0.4) is 0 Å². The monoisotopic (exact) mass is 461 g/mol. The van der Waals surface area contributed by atoms with E-state index >= 15 is 0 Å². The predicted octanol–water partition coefficient (Wildman–Crippen LogP) is 6.06. The van der Waals surface area contributed by atoms with Crippen molar-refractivity contribution < 1.29 is 14.3 Å².